The lowest BCUT2D eigenvalue weighted by atomic mass is 10.1. The first-order valence-electron chi connectivity index (χ1n) is 2.45. The Morgan fingerprint density at radius 2 is 2.00 bits per heavy atom. The molecule has 1 atom stereocenters. The van der Waals surface area contributed by atoms with E-state index < -0.39 is 16.9 Å². The van der Waals surface area contributed by atoms with E-state index in [4.69, 9.17) is 21.8 Å². The normalized spacial score (nSPS) is 15.1. The summed E-state index contributed by atoms with van der Waals surface area (Å²) in [7, 11) is 0. The standard InChI is InChI=1S/C5H9ClO3/c1-5(2,6)3(7)4(8)9/h3,7H,1-2H3,(H,8,9). The van der Waals surface area contributed by atoms with Crippen LogP contribution in [0.2, 0.25) is 0 Å². The molecule has 0 aromatic rings. The molecule has 0 aliphatic carbocycles. The molecular weight excluding hydrogens is 144 g/mol. The largest absolute Gasteiger partial charge is 0.479 e. The molecule has 0 saturated heterocycles. The second kappa shape index (κ2) is 2.54. The number of aliphatic hydroxyl groups is 1. The van der Waals surface area contributed by atoms with Gasteiger partial charge in [-0.1, -0.05) is 0 Å². The Kier molecular flexibility index (Phi) is 2.46. The van der Waals surface area contributed by atoms with Crippen LogP contribution in [0, 0.1) is 0 Å². The lowest BCUT2D eigenvalue weighted by molar-refractivity contribution is -0.148. The van der Waals surface area contributed by atoms with Crippen LogP contribution < -0.4 is 0 Å². The SMILES string of the molecule is CC(C)(Cl)C(O)C(=O)O. The quantitative estimate of drug-likeness (QED) is 0.565. The molecule has 1 unspecified atom stereocenters. The minimum atomic E-state index is -1.50. The van der Waals surface area contributed by atoms with Gasteiger partial charge in [-0.15, -0.1) is 11.6 Å². The molecule has 0 radical (unpaired) electrons. The molecule has 3 nitrogen and oxygen atoms in total. The molecule has 0 aromatic carbocycles. The minimum absolute atomic E-state index is 1.09. The first kappa shape index (κ1) is 8.72. The molecule has 0 amide bonds. The average molecular weight is 153 g/mol. The fourth-order valence-corrected chi connectivity index (χ4v) is 0.387. The van der Waals surface area contributed by atoms with E-state index in [1.165, 1.54) is 13.8 Å². The molecule has 0 saturated carbocycles. The van der Waals surface area contributed by atoms with E-state index in [2.05, 4.69) is 0 Å². The number of aliphatic carboxylic acids is 1. The molecule has 0 fully saturated rings. The number of halogens is 1. The van der Waals surface area contributed by atoms with Gasteiger partial charge in [-0.25, -0.2) is 4.79 Å². The van der Waals surface area contributed by atoms with Crippen molar-refractivity contribution < 1.29 is 15.0 Å². The van der Waals surface area contributed by atoms with Crippen LogP contribution in [0.4, 0.5) is 0 Å². The topological polar surface area (TPSA) is 57.5 Å². The van der Waals surface area contributed by atoms with Crippen molar-refractivity contribution in [2.24, 2.45) is 0 Å². The summed E-state index contributed by atoms with van der Waals surface area (Å²) in [6.45, 7) is 2.88. The molecule has 0 rings (SSSR count). The highest BCUT2D eigenvalue weighted by Crippen LogP contribution is 2.17. The Hall–Kier alpha value is -0.280. The fourth-order valence-electron chi connectivity index (χ4n) is 0.294. The van der Waals surface area contributed by atoms with Crippen LogP contribution in [0.15, 0.2) is 0 Å². The number of rotatable bonds is 2. The number of alkyl halides is 1. The predicted molar refractivity (Wildman–Crippen MR) is 33.6 cm³/mol. The summed E-state index contributed by atoms with van der Waals surface area (Å²) in [6.07, 6.45) is -1.50. The highest BCUT2D eigenvalue weighted by Gasteiger charge is 2.30. The number of aliphatic hydroxyl groups excluding tert-OH is 1. The first-order chi connectivity index (χ1) is 3.85. The van der Waals surface area contributed by atoms with Crippen molar-refractivity contribution in [1.82, 2.24) is 0 Å². The van der Waals surface area contributed by atoms with Gasteiger partial charge >= 0.3 is 5.97 Å². The molecule has 0 aromatic heterocycles. The molecular formula is C5H9ClO3. The number of carboxylic acid groups (broad SMARTS) is 1. The second-order valence-electron chi connectivity index (χ2n) is 2.31. The molecule has 0 aliphatic rings. The van der Waals surface area contributed by atoms with E-state index in [9.17, 15) is 4.79 Å². The van der Waals surface area contributed by atoms with Crippen LogP contribution in [0.3, 0.4) is 0 Å². The highest BCUT2D eigenvalue weighted by atomic mass is 35.5. The van der Waals surface area contributed by atoms with Crippen LogP contribution in [0.1, 0.15) is 13.8 Å². The number of hydrogen-bond acceptors (Lipinski definition) is 2. The van der Waals surface area contributed by atoms with E-state index >= 15 is 0 Å². The molecule has 0 spiro atoms. The number of carbonyl (C=O) groups is 1. The maximum atomic E-state index is 10.0. The summed E-state index contributed by atoms with van der Waals surface area (Å²) < 4.78 is 0. The smallest absolute Gasteiger partial charge is 0.334 e. The van der Waals surface area contributed by atoms with Crippen molar-refractivity contribution in [3.8, 4) is 0 Å². The third kappa shape index (κ3) is 2.67. The molecule has 9 heavy (non-hydrogen) atoms. The summed E-state index contributed by atoms with van der Waals surface area (Å²) in [5.41, 5.74) is 0. The Morgan fingerprint density at radius 1 is 1.67 bits per heavy atom. The zero-order chi connectivity index (χ0) is 7.65. The van der Waals surface area contributed by atoms with Gasteiger partial charge in [0, 0.05) is 0 Å². The third-order valence-corrected chi connectivity index (χ3v) is 1.09. The lowest BCUT2D eigenvalue weighted by Gasteiger charge is -2.18. The average Bonchev–Trinajstić information content (AvgIpc) is 1.62. The molecule has 4 heteroatoms. The van der Waals surface area contributed by atoms with Crippen molar-refractivity contribution in [1.29, 1.82) is 0 Å². The third-order valence-electron chi connectivity index (χ3n) is 0.884. The fraction of sp³-hybridized carbons (Fsp3) is 0.800. The molecule has 54 valence electrons. The molecule has 2 N–H and O–H groups in total. The van der Waals surface area contributed by atoms with Crippen molar-refractivity contribution in [3.05, 3.63) is 0 Å². The van der Waals surface area contributed by atoms with E-state index in [-0.39, 0.29) is 0 Å². The summed E-state index contributed by atoms with van der Waals surface area (Å²) >= 11 is 5.45. The van der Waals surface area contributed by atoms with E-state index in [0.717, 1.165) is 0 Å². The van der Waals surface area contributed by atoms with Crippen LogP contribution in [0.25, 0.3) is 0 Å². The van der Waals surface area contributed by atoms with Gasteiger partial charge in [0.15, 0.2) is 6.10 Å². The first-order valence-corrected chi connectivity index (χ1v) is 2.83. The zero-order valence-corrected chi connectivity index (χ0v) is 6.01. The Labute approximate surface area is 58.3 Å². The Bertz CT molecular complexity index is 116. The van der Waals surface area contributed by atoms with Gasteiger partial charge in [0.25, 0.3) is 0 Å². The van der Waals surface area contributed by atoms with Gasteiger partial charge in [0.05, 0.1) is 4.87 Å². The van der Waals surface area contributed by atoms with Crippen molar-refractivity contribution >= 4 is 17.6 Å². The van der Waals surface area contributed by atoms with Gasteiger partial charge in [-0.2, -0.15) is 0 Å². The maximum absolute atomic E-state index is 10.0. The Balaban J connectivity index is 4.04. The van der Waals surface area contributed by atoms with Crippen LogP contribution in [-0.4, -0.2) is 27.2 Å². The van der Waals surface area contributed by atoms with Gasteiger partial charge in [-0.3, -0.25) is 0 Å². The van der Waals surface area contributed by atoms with Gasteiger partial charge in [0.2, 0.25) is 0 Å². The summed E-state index contributed by atoms with van der Waals surface area (Å²) in [6, 6.07) is 0. The minimum Gasteiger partial charge on any atom is -0.479 e. The van der Waals surface area contributed by atoms with Crippen molar-refractivity contribution in [3.63, 3.8) is 0 Å². The summed E-state index contributed by atoms with van der Waals surface area (Å²) in [5, 5.41) is 16.9. The summed E-state index contributed by atoms with van der Waals surface area (Å²) in [4.78, 5) is 8.92. The predicted octanol–water partition coefficient (Wildman–Crippen LogP) is 0.449. The lowest BCUT2D eigenvalue weighted by Crippen LogP contribution is -2.37. The molecule has 0 aliphatic heterocycles. The number of carboxylic acids is 1. The maximum Gasteiger partial charge on any atom is 0.334 e. The van der Waals surface area contributed by atoms with E-state index in [1.54, 1.807) is 0 Å². The van der Waals surface area contributed by atoms with Crippen molar-refractivity contribution in [2.45, 2.75) is 24.8 Å². The monoisotopic (exact) mass is 152 g/mol. The van der Waals surface area contributed by atoms with E-state index in [1.807, 2.05) is 0 Å². The van der Waals surface area contributed by atoms with Gasteiger partial charge in [-0.05, 0) is 13.8 Å². The zero-order valence-electron chi connectivity index (χ0n) is 5.26. The van der Waals surface area contributed by atoms with Crippen LogP contribution in [-0.2, 0) is 4.79 Å². The molecule has 0 bridgehead atoms. The summed E-state index contributed by atoms with van der Waals surface area (Å²) in [5.74, 6) is -1.30. The van der Waals surface area contributed by atoms with E-state index in [0.29, 0.717) is 0 Å². The Morgan fingerprint density at radius 3 is 2.00 bits per heavy atom. The van der Waals surface area contributed by atoms with Gasteiger partial charge in [0.1, 0.15) is 0 Å². The second-order valence-corrected chi connectivity index (χ2v) is 3.28. The number of hydrogen-bond donors (Lipinski definition) is 2. The highest BCUT2D eigenvalue weighted by molar-refractivity contribution is 6.25. The van der Waals surface area contributed by atoms with Crippen LogP contribution >= 0.6 is 11.6 Å². The molecule has 0 heterocycles. The van der Waals surface area contributed by atoms with Crippen molar-refractivity contribution in [2.75, 3.05) is 0 Å². The van der Waals surface area contributed by atoms with Gasteiger partial charge < -0.3 is 10.2 Å². The van der Waals surface area contributed by atoms with Crippen LogP contribution in [0.5, 0.6) is 0 Å².